The number of nitrogens with one attached hydrogen (secondary N) is 3. The maximum absolute atomic E-state index is 3.58. The maximum Gasteiger partial charge on any atom is 0.0225 e. The third-order valence-electron chi connectivity index (χ3n) is 4.45. The van der Waals surface area contributed by atoms with Gasteiger partial charge in [0, 0.05) is 12.6 Å². The Morgan fingerprint density at radius 2 is 2.05 bits per heavy atom. The van der Waals surface area contributed by atoms with Gasteiger partial charge in [-0.15, -0.1) is 0 Å². The molecule has 1 aliphatic heterocycles. The van der Waals surface area contributed by atoms with E-state index in [2.05, 4.69) is 60.3 Å². The molecule has 0 aromatic heterocycles. The molecule has 0 aliphatic carbocycles. The summed E-state index contributed by atoms with van der Waals surface area (Å²) < 4.78 is 0. The number of hydrogen-bond donors (Lipinski definition) is 3. The molecule has 1 heterocycles. The average molecular weight is 275 g/mol. The minimum Gasteiger partial charge on any atom is -0.317 e. The smallest absolute Gasteiger partial charge is 0.0225 e. The van der Waals surface area contributed by atoms with E-state index in [1.807, 2.05) is 0 Å². The van der Waals surface area contributed by atoms with Crippen LogP contribution in [0.1, 0.15) is 44.6 Å². The molecule has 0 bridgehead atoms. The first kappa shape index (κ1) is 15.5. The second-order valence-corrected chi connectivity index (χ2v) is 6.07. The third-order valence-corrected chi connectivity index (χ3v) is 4.45. The largest absolute Gasteiger partial charge is 0.317 e. The van der Waals surface area contributed by atoms with E-state index >= 15 is 0 Å². The van der Waals surface area contributed by atoms with Crippen molar-refractivity contribution in [2.24, 2.45) is 5.92 Å². The van der Waals surface area contributed by atoms with Crippen molar-refractivity contribution in [3.05, 3.63) is 35.9 Å². The van der Waals surface area contributed by atoms with Crippen molar-refractivity contribution in [3.8, 4) is 0 Å². The second-order valence-electron chi connectivity index (χ2n) is 6.07. The Morgan fingerprint density at radius 3 is 2.75 bits per heavy atom. The van der Waals surface area contributed by atoms with Crippen molar-refractivity contribution in [3.63, 3.8) is 0 Å². The topological polar surface area (TPSA) is 36.1 Å². The van der Waals surface area contributed by atoms with Crippen molar-refractivity contribution in [2.45, 2.75) is 45.1 Å². The van der Waals surface area contributed by atoms with Crippen LogP contribution in [0.4, 0.5) is 0 Å². The van der Waals surface area contributed by atoms with Crippen LogP contribution in [-0.2, 0) is 0 Å². The molecule has 1 fully saturated rings. The molecular weight excluding hydrogens is 246 g/mol. The molecule has 3 heteroatoms. The van der Waals surface area contributed by atoms with Gasteiger partial charge in [0.1, 0.15) is 0 Å². The molecule has 20 heavy (non-hydrogen) atoms. The fraction of sp³-hybridized carbons (Fsp3) is 0.647. The molecule has 1 aliphatic rings. The molecular formula is C17H29N3. The zero-order valence-corrected chi connectivity index (χ0v) is 12.9. The van der Waals surface area contributed by atoms with Gasteiger partial charge in [-0.3, -0.25) is 10.9 Å². The molecule has 1 aromatic carbocycles. The van der Waals surface area contributed by atoms with Gasteiger partial charge >= 0.3 is 0 Å². The van der Waals surface area contributed by atoms with E-state index in [1.165, 1.54) is 24.8 Å². The zero-order chi connectivity index (χ0) is 14.2. The van der Waals surface area contributed by atoms with Gasteiger partial charge in [-0.1, -0.05) is 37.3 Å². The fourth-order valence-electron chi connectivity index (χ4n) is 2.88. The summed E-state index contributed by atoms with van der Waals surface area (Å²) in [5, 5.41) is 3.58. The lowest BCUT2D eigenvalue weighted by atomic mass is 9.97. The highest BCUT2D eigenvalue weighted by Gasteiger charge is 2.21. The van der Waals surface area contributed by atoms with Crippen LogP contribution in [0.3, 0.4) is 0 Å². The summed E-state index contributed by atoms with van der Waals surface area (Å²) in [6, 6.07) is 11.4. The SMILES string of the molecule is CC(CCNCCCC1CNNC1C)c1ccccc1. The molecule has 0 radical (unpaired) electrons. The van der Waals surface area contributed by atoms with Crippen LogP contribution in [0.25, 0.3) is 0 Å². The maximum atomic E-state index is 3.58. The van der Waals surface area contributed by atoms with Crippen molar-refractivity contribution in [2.75, 3.05) is 19.6 Å². The van der Waals surface area contributed by atoms with Crippen LogP contribution >= 0.6 is 0 Å². The van der Waals surface area contributed by atoms with Crippen LogP contribution in [0, 0.1) is 5.92 Å². The van der Waals surface area contributed by atoms with Crippen LogP contribution in [-0.4, -0.2) is 25.7 Å². The van der Waals surface area contributed by atoms with Gasteiger partial charge in [0.2, 0.25) is 0 Å². The average Bonchev–Trinajstić information content (AvgIpc) is 2.89. The van der Waals surface area contributed by atoms with E-state index in [0.717, 1.165) is 25.6 Å². The summed E-state index contributed by atoms with van der Waals surface area (Å²) in [4.78, 5) is 0. The molecule has 0 spiro atoms. The Morgan fingerprint density at radius 1 is 1.25 bits per heavy atom. The Hall–Kier alpha value is -0.900. The first-order chi connectivity index (χ1) is 9.77. The summed E-state index contributed by atoms with van der Waals surface area (Å²) in [6.45, 7) is 7.96. The number of benzene rings is 1. The van der Waals surface area contributed by atoms with Gasteiger partial charge in [-0.05, 0) is 56.7 Å². The van der Waals surface area contributed by atoms with Gasteiger partial charge in [0.05, 0.1) is 0 Å². The van der Waals surface area contributed by atoms with E-state index in [-0.39, 0.29) is 0 Å². The van der Waals surface area contributed by atoms with Crippen molar-refractivity contribution < 1.29 is 0 Å². The van der Waals surface area contributed by atoms with Crippen LogP contribution in [0.2, 0.25) is 0 Å². The van der Waals surface area contributed by atoms with E-state index < -0.39 is 0 Å². The summed E-state index contributed by atoms with van der Waals surface area (Å²) >= 11 is 0. The number of rotatable bonds is 8. The lowest BCUT2D eigenvalue weighted by Crippen LogP contribution is -2.28. The third kappa shape index (κ3) is 4.89. The normalized spacial score (nSPS) is 23.9. The molecule has 1 saturated heterocycles. The van der Waals surface area contributed by atoms with E-state index in [9.17, 15) is 0 Å². The van der Waals surface area contributed by atoms with Crippen molar-refractivity contribution in [1.29, 1.82) is 0 Å². The quantitative estimate of drug-likeness (QED) is 0.638. The fourth-order valence-corrected chi connectivity index (χ4v) is 2.88. The zero-order valence-electron chi connectivity index (χ0n) is 12.9. The summed E-state index contributed by atoms with van der Waals surface area (Å²) in [7, 11) is 0. The molecule has 0 saturated carbocycles. The molecule has 112 valence electrons. The lowest BCUT2D eigenvalue weighted by Gasteiger charge is -2.14. The predicted molar refractivity (Wildman–Crippen MR) is 85.7 cm³/mol. The van der Waals surface area contributed by atoms with Gasteiger partial charge in [-0.2, -0.15) is 0 Å². The molecule has 3 nitrogen and oxygen atoms in total. The highest BCUT2D eigenvalue weighted by atomic mass is 15.4. The second kappa shape index (κ2) is 8.40. The highest BCUT2D eigenvalue weighted by molar-refractivity contribution is 5.18. The summed E-state index contributed by atoms with van der Waals surface area (Å²) in [5.41, 5.74) is 7.97. The van der Waals surface area contributed by atoms with E-state index in [0.29, 0.717) is 12.0 Å². The monoisotopic (exact) mass is 275 g/mol. The molecule has 0 amide bonds. The van der Waals surface area contributed by atoms with Crippen molar-refractivity contribution >= 4 is 0 Å². The molecule has 3 unspecified atom stereocenters. The number of hydrogen-bond acceptors (Lipinski definition) is 3. The number of hydrazine groups is 1. The Bertz CT molecular complexity index is 366. The lowest BCUT2D eigenvalue weighted by molar-refractivity contribution is 0.437. The first-order valence-electron chi connectivity index (χ1n) is 8.01. The Kier molecular flexibility index (Phi) is 6.51. The molecule has 2 rings (SSSR count). The van der Waals surface area contributed by atoms with Gasteiger partial charge < -0.3 is 5.32 Å². The minimum atomic E-state index is 0.619. The Labute approximate surface area is 123 Å². The van der Waals surface area contributed by atoms with Gasteiger partial charge in [0.25, 0.3) is 0 Å². The van der Waals surface area contributed by atoms with Gasteiger partial charge in [0.15, 0.2) is 0 Å². The Balaban J connectivity index is 1.51. The summed E-state index contributed by atoms with van der Waals surface area (Å²) in [6.07, 6.45) is 3.80. The molecule has 3 atom stereocenters. The van der Waals surface area contributed by atoms with E-state index in [4.69, 9.17) is 0 Å². The summed E-state index contributed by atoms with van der Waals surface area (Å²) in [5.74, 6) is 1.44. The van der Waals surface area contributed by atoms with Crippen molar-refractivity contribution in [1.82, 2.24) is 16.2 Å². The highest BCUT2D eigenvalue weighted by Crippen LogP contribution is 2.17. The van der Waals surface area contributed by atoms with Gasteiger partial charge in [-0.25, -0.2) is 0 Å². The van der Waals surface area contributed by atoms with E-state index in [1.54, 1.807) is 0 Å². The van der Waals surface area contributed by atoms with Crippen LogP contribution in [0.15, 0.2) is 30.3 Å². The first-order valence-corrected chi connectivity index (χ1v) is 8.01. The van der Waals surface area contributed by atoms with Crippen LogP contribution < -0.4 is 16.2 Å². The molecule has 1 aromatic rings. The predicted octanol–water partition coefficient (Wildman–Crippen LogP) is 2.66. The molecule has 3 N–H and O–H groups in total. The minimum absolute atomic E-state index is 0.619. The van der Waals surface area contributed by atoms with Crippen LogP contribution in [0.5, 0.6) is 0 Å². The standard InChI is InChI=1S/C17H29N3/c1-14(16-7-4-3-5-8-16)10-12-18-11-6-9-17-13-19-20-15(17)2/h3-5,7-8,14-15,17-20H,6,9-13H2,1-2H3.